The van der Waals surface area contributed by atoms with Gasteiger partial charge in [0, 0.05) is 18.2 Å². The van der Waals surface area contributed by atoms with Crippen molar-refractivity contribution in [1.29, 1.82) is 0 Å². The Bertz CT molecular complexity index is 866. The molecule has 0 bridgehead atoms. The van der Waals surface area contributed by atoms with Gasteiger partial charge in [0.15, 0.2) is 0 Å². The van der Waals surface area contributed by atoms with Crippen molar-refractivity contribution >= 4 is 28.7 Å². The molecule has 23 heavy (non-hydrogen) atoms. The summed E-state index contributed by atoms with van der Waals surface area (Å²) in [5.74, 6) is 0.309. The van der Waals surface area contributed by atoms with Gasteiger partial charge in [-0.05, 0) is 35.4 Å². The zero-order valence-corrected chi connectivity index (χ0v) is 12.3. The van der Waals surface area contributed by atoms with E-state index in [1.807, 2.05) is 42.5 Å². The van der Waals surface area contributed by atoms with Gasteiger partial charge in [-0.1, -0.05) is 24.3 Å². The number of H-pyrrole nitrogens is 1. The van der Waals surface area contributed by atoms with Crippen molar-refractivity contribution in [2.45, 2.75) is 6.42 Å². The van der Waals surface area contributed by atoms with Crippen LogP contribution in [0.1, 0.15) is 17.0 Å². The van der Waals surface area contributed by atoms with Gasteiger partial charge in [0.05, 0.1) is 11.0 Å². The number of carbonyl (C=O) groups is 1. The van der Waals surface area contributed by atoms with Crippen LogP contribution in [0.4, 0.5) is 5.69 Å². The third-order valence-electron chi connectivity index (χ3n) is 3.44. The number of nitrogens with two attached hydrogens (primary N) is 1. The second-order valence-electron chi connectivity index (χ2n) is 5.19. The number of aromatic amines is 1. The Labute approximate surface area is 132 Å². The molecule has 6 nitrogen and oxygen atoms in total. The minimum absolute atomic E-state index is 0.560. The SMILES string of the molecule is Nc1ccc2nc(Cc3ccc(C=CC(=O)NO)cc3)[nH]c2c1. The van der Waals surface area contributed by atoms with Gasteiger partial charge in [0.2, 0.25) is 0 Å². The highest BCUT2D eigenvalue weighted by Crippen LogP contribution is 2.17. The Kier molecular flexibility index (Phi) is 4.07. The number of rotatable bonds is 4. The number of aromatic nitrogens is 2. The third-order valence-corrected chi connectivity index (χ3v) is 3.44. The lowest BCUT2D eigenvalue weighted by Gasteiger charge is -1.99. The normalized spacial score (nSPS) is 11.2. The topological polar surface area (TPSA) is 104 Å². The molecule has 1 aromatic heterocycles. The van der Waals surface area contributed by atoms with Gasteiger partial charge in [-0.3, -0.25) is 10.0 Å². The summed E-state index contributed by atoms with van der Waals surface area (Å²) >= 11 is 0. The predicted molar refractivity (Wildman–Crippen MR) is 88.7 cm³/mol. The molecule has 3 aromatic rings. The van der Waals surface area contributed by atoms with E-state index in [2.05, 4.69) is 9.97 Å². The molecule has 6 heteroatoms. The van der Waals surface area contributed by atoms with Gasteiger partial charge in [-0.15, -0.1) is 0 Å². The van der Waals surface area contributed by atoms with Crippen LogP contribution in [0.25, 0.3) is 17.1 Å². The van der Waals surface area contributed by atoms with Gasteiger partial charge < -0.3 is 10.7 Å². The molecule has 0 aliphatic heterocycles. The summed E-state index contributed by atoms with van der Waals surface area (Å²) in [6.07, 6.45) is 3.56. The van der Waals surface area contributed by atoms with Gasteiger partial charge in [0.1, 0.15) is 5.82 Å². The van der Waals surface area contributed by atoms with Crippen molar-refractivity contribution in [2.24, 2.45) is 0 Å². The molecule has 1 amide bonds. The molecule has 116 valence electrons. The number of hydrogen-bond acceptors (Lipinski definition) is 4. The molecule has 1 heterocycles. The highest BCUT2D eigenvalue weighted by atomic mass is 16.5. The fourth-order valence-electron chi connectivity index (χ4n) is 2.31. The Hall–Kier alpha value is -3.12. The Morgan fingerprint density at radius 3 is 2.78 bits per heavy atom. The number of benzene rings is 2. The molecule has 0 aliphatic rings. The van der Waals surface area contributed by atoms with Crippen LogP contribution in [0.15, 0.2) is 48.5 Å². The first-order valence-corrected chi connectivity index (χ1v) is 7.09. The van der Waals surface area contributed by atoms with Gasteiger partial charge in [0.25, 0.3) is 5.91 Å². The molecule has 0 unspecified atom stereocenters. The number of fused-ring (bicyclic) bond motifs is 1. The largest absolute Gasteiger partial charge is 0.399 e. The molecular weight excluding hydrogens is 292 g/mol. The lowest BCUT2D eigenvalue weighted by molar-refractivity contribution is -0.124. The molecular formula is C17H16N4O2. The van der Waals surface area contributed by atoms with Crippen LogP contribution < -0.4 is 11.2 Å². The summed E-state index contributed by atoms with van der Waals surface area (Å²) in [5, 5.41) is 8.43. The van der Waals surface area contributed by atoms with Crippen LogP contribution in [0, 0.1) is 0 Å². The van der Waals surface area contributed by atoms with Crippen molar-refractivity contribution in [2.75, 3.05) is 5.73 Å². The standard InChI is InChI=1S/C17H16N4O2/c18-13-6-7-14-15(10-13)20-16(19-14)9-12-3-1-11(2-4-12)5-8-17(22)21-23/h1-8,10,23H,9,18H2,(H,19,20)(H,21,22). The summed E-state index contributed by atoms with van der Waals surface area (Å²) in [4.78, 5) is 18.7. The highest BCUT2D eigenvalue weighted by molar-refractivity contribution is 5.90. The fraction of sp³-hybridized carbons (Fsp3) is 0.0588. The first-order chi connectivity index (χ1) is 11.1. The Balaban J connectivity index is 1.74. The maximum Gasteiger partial charge on any atom is 0.267 e. The number of carbonyl (C=O) groups excluding carboxylic acids is 1. The van der Waals surface area contributed by atoms with Gasteiger partial charge in [-0.25, -0.2) is 10.5 Å². The molecule has 0 fully saturated rings. The van der Waals surface area contributed by atoms with E-state index in [0.29, 0.717) is 12.1 Å². The number of nitrogens with one attached hydrogen (secondary N) is 2. The summed E-state index contributed by atoms with van der Waals surface area (Å²) in [5.41, 5.74) is 11.8. The van der Waals surface area contributed by atoms with Crippen LogP contribution in [0.5, 0.6) is 0 Å². The maximum atomic E-state index is 10.9. The number of nitrogens with zero attached hydrogens (tertiary/aromatic N) is 1. The van der Waals surface area contributed by atoms with E-state index in [1.165, 1.54) is 6.08 Å². The number of hydroxylamine groups is 1. The lowest BCUT2D eigenvalue weighted by atomic mass is 10.1. The van der Waals surface area contributed by atoms with Gasteiger partial charge >= 0.3 is 0 Å². The van der Waals surface area contributed by atoms with E-state index in [4.69, 9.17) is 10.9 Å². The molecule has 0 aliphatic carbocycles. The first kappa shape index (κ1) is 14.8. The van der Waals surface area contributed by atoms with Crippen molar-refractivity contribution in [3.63, 3.8) is 0 Å². The fourth-order valence-corrected chi connectivity index (χ4v) is 2.31. The second kappa shape index (κ2) is 6.33. The highest BCUT2D eigenvalue weighted by Gasteiger charge is 2.04. The molecule has 3 rings (SSSR count). The predicted octanol–water partition coefficient (Wildman–Crippen LogP) is 2.25. The zero-order valence-electron chi connectivity index (χ0n) is 12.3. The maximum absolute atomic E-state index is 10.9. The van der Waals surface area contributed by atoms with Crippen LogP contribution in [-0.4, -0.2) is 21.1 Å². The second-order valence-corrected chi connectivity index (χ2v) is 5.19. The van der Waals surface area contributed by atoms with Crippen LogP contribution in [0.2, 0.25) is 0 Å². The van der Waals surface area contributed by atoms with E-state index in [9.17, 15) is 4.79 Å². The number of amides is 1. The average Bonchev–Trinajstić information content (AvgIpc) is 2.95. The summed E-state index contributed by atoms with van der Waals surface area (Å²) in [7, 11) is 0. The number of hydrogen-bond donors (Lipinski definition) is 4. The van der Waals surface area contributed by atoms with Crippen molar-refractivity contribution in [3.8, 4) is 0 Å². The summed E-state index contributed by atoms with van der Waals surface area (Å²) in [6.45, 7) is 0. The van der Waals surface area contributed by atoms with Crippen molar-refractivity contribution < 1.29 is 10.0 Å². The third kappa shape index (κ3) is 3.56. The molecule has 0 atom stereocenters. The minimum Gasteiger partial charge on any atom is -0.399 e. The van der Waals surface area contributed by atoms with E-state index >= 15 is 0 Å². The zero-order chi connectivity index (χ0) is 16.2. The first-order valence-electron chi connectivity index (χ1n) is 7.09. The van der Waals surface area contributed by atoms with Crippen molar-refractivity contribution in [3.05, 3.63) is 65.5 Å². The monoisotopic (exact) mass is 308 g/mol. The van der Waals surface area contributed by atoms with Crippen LogP contribution in [0.3, 0.4) is 0 Å². The van der Waals surface area contributed by atoms with E-state index in [0.717, 1.165) is 28.0 Å². The minimum atomic E-state index is -0.560. The quantitative estimate of drug-likeness (QED) is 0.257. The summed E-state index contributed by atoms with van der Waals surface area (Å²) < 4.78 is 0. The molecule has 0 saturated carbocycles. The van der Waals surface area contributed by atoms with Crippen molar-refractivity contribution in [1.82, 2.24) is 15.4 Å². The molecule has 0 radical (unpaired) electrons. The number of imidazole rings is 1. The van der Waals surface area contributed by atoms with E-state index in [1.54, 1.807) is 11.6 Å². The molecule has 2 aromatic carbocycles. The Morgan fingerprint density at radius 2 is 2.04 bits per heavy atom. The van der Waals surface area contributed by atoms with E-state index < -0.39 is 5.91 Å². The van der Waals surface area contributed by atoms with Crippen LogP contribution in [-0.2, 0) is 11.2 Å². The smallest absolute Gasteiger partial charge is 0.267 e. The molecule has 5 N–H and O–H groups in total. The van der Waals surface area contributed by atoms with E-state index in [-0.39, 0.29) is 0 Å². The number of anilines is 1. The average molecular weight is 308 g/mol. The molecule has 0 saturated heterocycles. The van der Waals surface area contributed by atoms with Gasteiger partial charge in [-0.2, -0.15) is 0 Å². The summed E-state index contributed by atoms with van der Waals surface area (Å²) in [6, 6.07) is 13.3. The number of nitrogen functional groups attached to an aromatic ring is 1. The molecule has 0 spiro atoms. The lowest BCUT2D eigenvalue weighted by Crippen LogP contribution is -2.14. The van der Waals surface area contributed by atoms with Crippen LogP contribution >= 0.6 is 0 Å². The Morgan fingerprint density at radius 1 is 1.26 bits per heavy atom.